The van der Waals surface area contributed by atoms with Gasteiger partial charge in [0.15, 0.2) is 0 Å². The summed E-state index contributed by atoms with van der Waals surface area (Å²) < 4.78 is 0. The van der Waals surface area contributed by atoms with Crippen molar-refractivity contribution in [3.63, 3.8) is 0 Å². The fourth-order valence-electron chi connectivity index (χ4n) is 3.18. The van der Waals surface area contributed by atoms with Gasteiger partial charge in [0.1, 0.15) is 0 Å². The van der Waals surface area contributed by atoms with Crippen molar-refractivity contribution in [2.75, 3.05) is 13.1 Å². The van der Waals surface area contributed by atoms with Gasteiger partial charge in [0.05, 0.1) is 0 Å². The van der Waals surface area contributed by atoms with Crippen molar-refractivity contribution in [1.82, 2.24) is 10.2 Å². The van der Waals surface area contributed by atoms with Crippen molar-refractivity contribution in [3.05, 3.63) is 0 Å². The Hall–Kier alpha value is -0.0800. The quantitative estimate of drug-likeness (QED) is 0.772. The molecule has 1 heterocycles. The molecule has 2 nitrogen and oxygen atoms in total. The van der Waals surface area contributed by atoms with Gasteiger partial charge in [-0.1, -0.05) is 20.8 Å². The highest BCUT2D eigenvalue weighted by atomic mass is 15.2. The lowest BCUT2D eigenvalue weighted by molar-refractivity contribution is 0.104. The lowest BCUT2D eigenvalue weighted by Gasteiger charge is -2.40. The normalized spacial score (nSPS) is 29.6. The fraction of sp³-hybridized carbons (Fsp3) is 1.00. The van der Waals surface area contributed by atoms with Crippen LogP contribution < -0.4 is 5.32 Å². The van der Waals surface area contributed by atoms with E-state index in [0.717, 1.165) is 24.0 Å². The molecule has 2 unspecified atom stereocenters. The fourth-order valence-corrected chi connectivity index (χ4v) is 3.18. The first-order valence-corrected chi connectivity index (χ1v) is 7.20. The van der Waals surface area contributed by atoms with Crippen LogP contribution in [0.3, 0.4) is 0 Å². The lowest BCUT2D eigenvalue weighted by Crippen LogP contribution is -2.51. The second-order valence-electron chi connectivity index (χ2n) is 5.99. The molecule has 1 saturated heterocycles. The van der Waals surface area contributed by atoms with Crippen LogP contribution in [0, 0.1) is 5.92 Å². The van der Waals surface area contributed by atoms with Crippen molar-refractivity contribution in [1.29, 1.82) is 0 Å². The Morgan fingerprint density at radius 2 is 1.94 bits per heavy atom. The van der Waals surface area contributed by atoms with Gasteiger partial charge in [-0.25, -0.2) is 0 Å². The minimum absolute atomic E-state index is 0.772. The van der Waals surface area contributed by atoms with Crippen LogP contribution in [0.2, 0.25) is 0 Å². The number of piperidine rings is 1. The minimum Gasteiger partial charge on any atom is -0.310 e. The van der Waals surface area contributed by atoms with Crippen LogP contribution in [-0.4, -0.2) is 36.1 Å². The molecule has 1 saturated carbocycles. The molecular formula is C14H28N2. The molecule has 2 fully saturated rings. The van der Waals surface area contributed by atoms with Crippen LogP contribution in [0.4, 0.5) is 0 Å². The third-order valence-electron chi connectivity index (χ3n) is 4.16. The summed E-state index contributed by atoms with van der Waals surface area (Å²) in [5, 5.41) is 3.80. The summed E-state index contributed by atoms with van der Waals surface area (Å²) in [7, 11) is 0. The molecule has 1 N–H and O–H groups in total. The zero-order chi connectivity index (χ0) is 11.5. The van der Waals surface area contributed by atoms with Gasteiger partial charge in [0, 0.05) is 24.7 Å². The molecular weight excluding hydrogens is 196 g/mol. The summed E-state index contributed by atoms with van der Waals surface area (Å²) in [6.07, 6.45) is 6.90. The Labute approximate surface area is 101 Å². The predicted molar refractivity (Wildman–Crippen MR) is 69.7 cm³/mol. The van der Waals surface area contributed by atoms with E-state index < -0.39 is 0 Å². The van der Waals surface area contributed by atoms with E-state index in [9.17, 15) is 0 Å². The monoisotopic (exact) mass is 224 g/mol. The molecule has 2 heteroatoms. The zero-order valence-corrected chi connectivity index (χ0v) is 11.2. The first-order valence-electron chi connectivity index (χ1n) is 7.20. The van der Waals surface area contributed by atoms with E-state index in [2.05, 4.69) is 31.0 Å². The highest BCUT2D eigenvalue weighted by Crippen LogP contribution is 2.24. The zero-order valence-electron chi connectivity index (χ0n) is 11.2. The minimum atomic E-state index is 0.772. The van der Waals surface area contributed by atoms with Gasteiger partial charge in [-0.3, -0.25) is 4.90 Å². The molecule has 2 rings (SSSR count). The van der Waals surface area contributed by atoms with Gasteiger partial charge < -0.3 is 5.32 Å². The molecule has 0 aromatic rings. The van der Waals surface area contributed by atoms with Gasteiger partial charge in [0.25, 0.3) is 0 Å². The van der Waals surface area contributed by atoms with Crippen molar-refractivity contribution < 1.29 is 0 Å². The van der Waals surface area contributed by atoms with E-state index >= 15 is 0 Å². The third-order valence-corrected chi connectivity index (χ3v) is 4.16. The van der Waals surface area contributed by atoms with Gasteiger partial charge in [-0.2, -0.15) is 0 Å². The van der Waals surface area contributed by atoms with Gasteiger partial charge in [-0.05, 0) is 44.6 Å². The van der Waals surface area contributed by atoms with Crippen molar-refractivity contribution in [3.8, 4) is 0 Å². The first-order chi connectivity index (χ1) is 7.70. The summed E-state index contributed by atoms with van der Waals surface area (Å²) in [6.45, 7) is 9.67. The number of rotatable bonds is 5. The molecule has 16 heavy (non-hydrogen) atoms. The van der Waals surface area contributed by atoms with Gasteiger partial charge in [0.2, 0.25) is 0 Å². The van der Waals surface area contributed by atoms with Crippen LogP contribution >= 0.6 is 0 Å². The Bertz CT molecular complexity index is 211. The number of likely N-dealkylation sites (tertiary alicyclic amines) is 1. The van der Waals surface area contributed by atoms with Crippen LogP contribution in [0.15, 0.2) is 0 Å². The molecule has 0 amide bonds. The average Bonchev–Trinajstić information content (AvgIpc) is 3.03. The summed E-state index contributed by atoms with van der Waals surface area (Å²) in [5.74, 6) is 0.796. The third kappa shape index (κ3) is 3.21. The van der Waals surface area contributed by atoms with Gasteiger partial charge >= 0.3 is 0 Å². The molecule has 0 aromatic heterocycles. The highest BCUT2D eigenvalue weighted by Gasteiger charge is 2.30. The van der Waals surface area contributed by atoms with E-state index in [4.69, 9.17) is 0 Å². The van der Waals surface area contributed by atoms with E-state index in [1.807, 2.05) is 0 Å². The predicted octanol–water partition coefficient (Wildman–Crippen LogP) is 2.64. The Morgan fingerprint density at radius 3 is 2.50 bits per heavy atom. The van der Waals surface area contributed by atoms with Gasteiger partial charge in [-0.15, -0.1) is 0 Å². The summed E-state index contributed by atoms with van der Waals surface area (Å²) in [6, 6.07) is 2.43. The lowest BCUT2D eigenvalue weighted by atomic mass is 9.95. The highest BCUT2D eigenvalue weighted by molar-refractivity contribution is 4.89. The van der Waals surface area contributed by atoms with E-state index in [0.29, 0.717) is 0 Å². The smallest absolute Gasteiger partial charge is 0.0198 e. The number of hydrogen-bond acceptors (Lipinski definition) is 2. The van der Waals surface area contributed by atoms with Crippen LogP contribution in [-0.2, 0) is 0 Å². The van der Waals surface area contributed by atoms with E-state index in [-0.39, 0.29) is 0 Å². The Balaban J connectivity index is 1.83. The molecule has 94 valence electrons. The Kier molecular flexibility index (Phi) is 4.26. The molecule has 1 aliphatic heterocycles. The van der Waals surface area contributed by atoms with E-state index in [1.54, 1.807) is 0 Å². The molecule has 0 bridgehead atoms. The topological polar surface area (TPSA) is 15.3 Å². The summed E-state index contributed by atoms with van der Waals surface area (Å²) in [4.78, 5) is 2.73. The first kappa shape index (κ1) is 12.4. The largest absolute Gasteiger partial charge is 0.310 e. The number of nitrogens with one attached hydrogen (secondary N) is 1. The van der Waals surface area contributed by atoms with E-state index in [1.165, 1.54) is 45.2 Å². The maximum absolute atomic E-state index is 3.80. The second kappa shape index (κ2) is 5.50. The number of nitrogens with zero attached hydrogens (tertiary/aromatic N) is 1. The average molecular weight is 224 g/mol. The molecule has 0 spiro atoms. The maximum Gasteiger partial charge on any atom is 0.0198 e. The van der Waals surface area contributed by atoms with Crippen LogP contribution in [0.5, 0.6) is 0 Å². The molecule has 0 radical (unpaired) electrons. The molecule has 0 aromatic carbocycles. The molecule has 1 aliphatic carbocycles. The number of hydrogen-bond donors (Lipinski definition) is 1. The molecule has 2 atom stereocenters. The van der Waals surface area contributed by atoms with Crippen molar-refractivity contribution in [2.24, 2.45) is 5.92 Å². The second-order valence-corrected chi connectivity index (χ2v) is 5.99. The Morgan fingerprint density at radius 1 is 1.19 bits per heavy atom. The maximum atomic E-state index is 3.80. The summed E-state index contributed by atoms with van der Waals surface area (Å²) >= 11 is 0. The molecule has 2 aliphatic rings. The van der Waals surface area contributed by atoms with Crippen LogP contribution in [0.25, 0.3) is 0 Å². The van der Waals surface area contributed by atoms with Crippen molar-refractivity contribution >= 4 is 0 Å². The van der Waals surface area contributed by atoms with Crippen LogP contribution in [0.1, 0.15) is 52.9 Å². The van der Waals surface area contributed by atoms with Crippen molar-refractivity contribution in [2.45, 2.75) is 71.0 Å². The SMILES string of the molecule is CCC(C(C)C)N1CCCC(NC2CC2)C1. The summed E-state index contributed by atoms with van der Waals surface area (Å²) in [5.41, 5.74) is 0. The standard InChI is InChI=1S/C14H28N2/c1-4-14(11(2)3)16-9-5-6-13(10-16)15-12-7-8-12/h11-15H,4-10H2,1-3H3.